The minimum atomic E-state index is -0.344. The molecular weight excluding hydrogens is 169 g/mol. The van der Waals surface area contributed by atoms with Gasteiger partial charge in [0, 0.05) is 18.1 Å². The molecule has 4 heteroatoms. The monoisotopic (exact) mass is 177 g/mol. The number of imidazole rings is 1. The van der Waals surface area contributed by atoms with Crippen LogP contribution in [-0.4, -0.2) is 9.55 Å². The van der Waals surface area contributed by atoms with Gasteiger partial charge in [-0.15, -0.1) is 0 Å². The van der Waals surface area contributed by atoms with Crippen LogP contribution in [0, 0.1) is 5.82 Å². The number of anilines is 1. The van der Waals surface area contributed by atoms with E-state index >= 15 is 0 Å². The van der Waals surface area contributed by atoms with E-state index in [0.717, 1.165) is 0 Å². The highest BCUT2D eigenvalue weighted by molar-refractivity contribution is 5.48. The molecule has 1 heterocycles. The second-order valence-electron chi connectivity index (χ2n) is 2.71. The molecule has 3 nitrogen and oxygen atoms in total. The number of nitrogen functional groups attached to an aromatic ring is 1. The fraction of sp³-hybridized carbons (Fsp3) is 0. The van der Waals surface area contributed by atoms with Crippen LogP contribution < -0.4 is 5.73 Å². The molecule has 2 rings (SSSR count). The van der Waals surface area contributed by atoms with Crippen molar-refractivity contribution in [2.75, 3.05) is 5.73 Å². The number of rotatable bonds is 1. The Hall–Kier alpha value is -1.84. The molecule has 0 aliphatic heterocycles. The summed E-state index contributed by atoms with van der Waals surface area (Å²) in [5.74, 6) is -0.344. The number of hydrogen-bond acceptors (Lipinski definition) is 2. The number of halogens is 1. The lowest BCUT2D eigenvalue weighted by Crippen LogP contribution is -1.94. The Kier molecular flexibility index (Phi) is 1.73. The molecule has 0 saturated heterocycles. The quantitative estimate of drug-likeness (QED) is 0.672. The van der Waals surface area contributed by atoms with E-state index in [1.807, 2.05) is 0 Å². The van der Waals surface area contributed by atoms with E-state index in [1.165, 1.54) is 12.1 Å². The smallest absolute Gasteiger partial charge is 0.127 e. The van der Waals surface area contributed by atoms with Crippen molar-refractivity contribution >= 4 is 5.69 Å². The second-order valence-corrected chi connectivity index (χ2v) is 2.71. The summed E-state index contributed by atoms with van der Waals surface area (Å²) < 4.78 is 14.6. The molecular formula is C9H8FN3. The van der Waals surface area contributed by atoms with Gasteiger partial charge >= 0.3 is 0 Å². The molecule has 0 bridgehead atoms. The highest BCUT2D eigenvalue weighted by Gasteiger charge is 1.99. The zero-order valence-corrected chi connectivity index (χ0v) is 6.81. The molecule has 0 amide bonds. The summed E-state index contributed by atoms with van der Waals surface area (Å²) >= 11 is 0. The molecule has 0 spiro atoms. The summed E-state index contributed by atoms with van der Waals surface area (Å²) in [5.41, 5.74) is 6.57. The third-order valence-corrected chi connectivity index (χ3v) is 1.71. The van der Waals surface area contributed by atoms with E-state index in [9.17, 15) is 4.39 Å². The number of aromatic nitrogens is 2. The van der Waals surface area contributed by atoms with Crippen molar-refractivity contribution in [2.45, 2.75) is 0 Å². The molecule has 13 heavy (non-hydrogen) atoms. The molecule has 0 saturated carbocycles. The lowest BCUT2D eigenvalue weighted by atomic mass is 10.2. The molecule has 1 aromatic heterocycles. The topological polar surface area (TPSA) is 43.8 Å². The molecule has 1 aromatic carbocycles. The third kappa shape index (κ3) is 1.51. The van der Waals surface area contributed by atoms with E-state index in [4.69, 9.17) is 5.73 Å². The van der Waals surface area contributed by atoms with Crippen LogP contribution in [-0.2, 0) is 0 Å². The van der Waals surface area contributed by atoms with Gasteiger partial charge in [0.05, 0.1) is 12.0 Å². The normalized spacial score (nSPS) is 10.2. The first-order chi connectivity index (χ1) is 6.25. The first kappa shape index (κ1) is 7.79. The van der Waals surface area contributed by atoms with Crippen LogP contribution in [0.15, 0.2) is 36.9 Å². The predicted octanol–water partition coefficient (Wildman–Crippen LogP) is 1.59. The highest BCUT2D eigenvalue weighted by atomic mass is 19.1. The highest BCUT2D eigenvalue weighted by Crippen LogP contribution is 2.14. The molecule has 0 aliphatic rings. The van der Waals surface area contributed by atoms with Gasteiger partial charge in [-0.1, -0.05) is 0 Å². The van der Waals surface area contributed by atoms with Crippen molar-refractivity contribution in [2.24, 2.45) is 0 Å². The van der Waals surface area contributed by atoms with Gasteiger partial charge in [-0.05, 0) is 18.2 Å². The first-order valence-corrected chi connectivity index (χ1v) is 3.80. The lowest BCUT2D eigenvalue weighted by Gasteiger charge is -2.02. The van der Waals surface area contributed by atoms with E-state index in [1.54, 1.807) is 29.4 Å². The van der Waals surface area contributed by atoms with Crippen molar-refractivity contribution in [3.63, 3.8) is 0 Å². The van der Waals surface area contributed by atoms with E-state index in [0.29, 0.717) is 11.4 Å². The molecule has 0 unspecified atom stereocenters. The Balaban J connectivity index is 2.53. The third-order valence-electron chi connectivity index (χ3n) is 1.71. The number of benzene rings is 1. The van der Waals surface area contributed by atoms with Crippen LogP contribution in [0.25, 0.3) is 5.69 Å². The lowest BCUT2D eigenvalue weighted by molar-refractivity contribution is 0.627. The molecule has 0 aliphatic carbocycles. The number of nitrogens with two attached hydrogens (primary N) is 1. The average Bonchev–Trinajstić information content (AvgIpc) is 2.53. The Morgan fingerprint density at radius 1 is 1.31 bits per heavy atom. The van der Waals surface area contributed by atoms with E-state index < -0.39 is 0 Å². The van der Waals surface area contributed by atoms with E-state index in [-0.39, 0.29) is 5.82 Å². The van der Waals surface area contributed by atoms with Gasteiger partial charge in [-0.2, -0.15) is 0 Å². The maximum absolute atomic E-state index is 12.9. The van der Waals surface area contributed by atoms with Crippen molar-refractivity contribution in [3.05, 3.63) is 42.7 Å². The summed E-state index contributed by atoms with van der Waals surface area (Å²) in [4.78, 5) is 3.86. The Labute approximate surface area is 74.6 Å². The van der Waals surface area contributed by atoms with Gasteiger partial charge in [0.1, 0.15) is 5.82 Å². The average molecular weight is 177 g/mol. The summed E-state index contributed by atoms with van der Waals surface area (Å²) in [5, 5.41) is 0. The minimum Gasteiger partial charge on any atom is -0.399 e. The number of hydrogen-bond donors (Lipinski definition) is 1. The molecule has 0 fully saturated rings. The summed E-state index contributed by atoms with van der Waals surface area (Å²) in [6.45, 7) is 0. The van der Waals surface area contributed by atoms with Gasteiger partial charge in [0.25, 0.3) is 0 Å². The second kappa shape index (κ2) is 2.90. The van der Waals surface area contributed by atoms with Crippen molar-refractivity contribution in [3.8, 4) is 5.69 Å². The standard InChI is InChI=1S/C9H8FN3/c10-7-3-8(11)5-9(4-7)13-2-1-12-6-13/h1-6H,11H2. The fourth-order valence-electron chi connectivity index (χ4n) is 1.16. The maximum atomic E-state index is 12.9. The summed E-state index contributed by atoms with van der Waals surface area (Å²) in [7, 11) is 0. The van der Waals surface area contributed by atoms with Crippen LogP contribution in [0.2, 0.25) is 0 Å². The largest absolute Gasteiger partial charge is 0.399 e. The zero-order chi connectivity index (χ0) is 9.26. The van der Waals surface area contributed by atoms with E-state index in [2.05, 4.69) is 4.98 Å². The molecule has 2 N–H and O–H groups in total. The van der Waals surface area contributed by atoms with Crippen molar-refractivity contribution in [1.29, 1.82) is 0 Å². The maximum Gasteiger partial charge on any atom is 0.127 e. The summed E-state index contributed by atoms with van der Waals surface area (Å²) in [6.07, 6.45) is 4.95. The van der Waals surface area contributed by atoms with Gasteiger partial charge in [-0.3, -0.25) is 0 Å². The molecule has 2 aromatic rings. The van der Waals surface area contributed by atoms with Gasteiger partial charge in [0.2, 0.25) is 0 Å². The first-order valence-electron chi connectivity index (χ1n) is 3.80. The fourth-order valence-corrected chi connectivity index (χ4v) is 1.16. The van der Waals surface area contributed by atoms with Crippen molar-refractivity contribution in [1.82, 2.24) is 9.55 Å². The minimum absolute atomic E-state index is 0.344. The van der Waals surface area contributed by atoms with Crippen LogP contribution in [0.1, 0.15) is 0 Å². The summed E-state index contributed by atoms with van der Waals surface area (Å²) in [6, 6.07) is 4.36. The van der Waals surface area contributed by atoms with Crippen molar-refractivity contribution < 1.29 is 4.39 Å². The SMILES string of the molecule is Nc1cc(F)cc(-n2ccnc2)c1. The molecule has 66 valence electrons. The van der Waals surface area contributed by atoms with Crippen LogP contribution in [0.4, 0.5) is 10.1 Å². The predicted molar refractivity (Wildman–Crippen MR) is 47.9 cm³/mol. The van der Waals surface area contributed by atoms with Crippen LogP contribution in [0.3, 0.4) is 0 Å². The number of nitrogens with zero attached hydrogens (tertiary/aromatic N) is 2. The molecule has 0 atom stereocenters. The van der Waals surface area contributed by atoms with Gasteiger partial charge < -0.3 is 10.3 Å². The van der Waals surface area contributed by atoms with Gasteiger partial charge in [-0.25, -0.2) is 9.37 Å². The Bertz CT molecular complexity index is 389. The van der Waals surface area contributed by atoms with Crippen LogP contribution >= 0.6 is 0 Å². The van der Waals surface area contributed by atoms with Crippen LogP contribution in [0.5, 0.6) is 0 Å². The Morgan fingerprint density at radius 2 is 2.15 bits per heavy atom. The van der Waals surface area contributed by atoms with Gasteiger partial charge in [0.15, 0.2) is 0 Å². The molecule has 0 radical (unpaired) electrons. The Morgan fingerprint density at radius 3 is 2.77 bits per heavy atom. The zero-order valence-electron chi connectivity index (χ0n) is 6.81.